The monoisotopic (exact) mass is 340 g/mol. The zero-order valence-electron chi connectivity index (χ0n) is 14.3. The highest BCUT2D eigenvalue weighted by Gasteiger charge is 2.35. The van der Waals surface area contributed by atoms with E-state index >= 15 is 0 Å². The molecule has 0 bridgehead atoms. The highest BCUT2D eigenvalue weighted by atomic mass is 32.2. The van der Waals surface area contributed by atoms with E-state index in [0.29, 0.717) is 11.4 Å². The van der Waals surface area contributed by atoms with E-state index in [1.165, 1.54) is 4.90 Å². The first-order valence-electron chi connectivity index (χ1n) is 7.80. The van der Waals surface area contributed by atoms with Crippen LogP contribution in [0.3, 0.4) is 0 Å². The Morgan fingerprint density at radius 3 is 2.50 bits per heavy atom. The first-order valence-corrected chi connectivity index (χ1v) is 8.62. The van der Waals surface area contributed by atoms with Crippen LogP contribution >= 0.6 is 11.8 Å². The van der Waals surface area contributed by atoms with Gasteiger partial charge in [-0.2, -0.15) is 0 Å². The Bertz CT molecular complexity index is 864. The molecule has 0 N–H and O–H groups in total. The van der Waals surface area contributed by atoms with Gasteiger partial charge in [-0.1, -0.05) is 29.8 Å². The summed E-state index contributed by atoms with van der Waals surface area (Å²) in [5.74, 6) is -0.215. The summed E-state index contributed by atoms with van der Waals surface area (Å²) < 4.78 is 2.07. The van der Waals surface area contributed by atoms with E-state index in [-0.39, 0.29) is 11.1 Å². The lowest BCUT2D eigenvalue weighted by molar-refractivity contribution is -0.123. The highest BCUT2D eigenvalue weighted by Crippen LogP contribution is 2.34. The molecule has 0 saturated carbocycles. The maximum atomic E-state index is 12.6. The average Bonchev–Trinajstić information content (AvgIpc) is 2.93. The Hall–Kier alpha value is -2.27. The summed E-state index contributed by atoms with van der Waals surface area (Å²) in [5.41, 5.74) is 5.27. The number of hydrogen-bond donors (Lipinski definition) is 0. The van der Waals surface area contributed by atoms with Gasteiger partial charge < -0.3 is 4.57 Å². The van der Waals surface area contributed by atoms with Crippen LogP contribution in [-0.2, 0) is 18.4 Å². The van der Waals surface area contributed by atoms with Gasteiger partial charge in [-0.3, -0.25) is 14.5 Å². The molecular formula is C19H20N2O2S. The van der Waals surface area contributed by atoms with Crippen LogP contribution in [0.15, 0.2) is 35.2 Å². The second-order valence-electron chi connectivity index (χ2n) is 6.14. The van der Waals surface area contributed by atoms with Crippen LogP contribution in [0.4, 0.5) is 4.79 Å². The van der Waals surface area contributed by atoms with Crippen molar-refractivity contribution < 1.29 is 9.59 Å². The van der Waals surface area contributed by atoms with Crippen molar-refractivity contribution in [2.24, 2.45) is 7.05 Å². The summed E-state index contributed by atoms with van der Waals surface area (Å²) >= 11 is 1.01. The molecule has 5 heteroatoms. The maximum absolute atomic E-state index is 12.6. The Labute approximate surface area is 146 Å². The molecule has 0 unspecified atom stereocenters. The highest BCUT2D eigenvalue weighted by molar-refractivity contribution is 8.18. The van der Waals surface area contributed by atoms with Crippen LogP contribution in [0.1, 0.15) is 28.1 Å². The van der Waals surface area contributed by atoms with Crippen LogP contribution < -0.4 is 0 Å². The van der Waals surface area contributed by atoms with Crippen molar-refractivity contribution in [2.75, 3.05) is 0 Å². The van der Waals surface area contributed by atoms with Crippen molar-refractivity contribution in [3.8, 4) is 0 Å². The summed E-state index contributed by atoms with van der Waals surface area (Å²) in [5, 5.41) is -0.210. The fourth-order valence-corrected chi connectivity index (χ4v) is 3.63. The van der Waals surface area contributed by atoms with Gasteiger partial charge in [-0.25, -0.2) is 0 Å². The Kier molecular flexibility index (Phi) is 4.37. The summed E-state index contributed by atoms with van der Waals surface area (Å²) in [4.78, 5) is 26.7. The number of carbonyl (C=O) groups is 2. The first-order chi connectivity index (χ1) is 11.4. The molecule has 1 aliphatic rings. The maximum Gasteiger partial charge on any atom is 0.293 e. The minimum absolute atomic E-state index is 0.210. The number of carbonyl (C=O) groups excluding carboxylic acids is 2. The Morgan fingerprint density at radius 2 is 1.88 bits per heavy atom. The zero-order valence-corrected chi connectivity index (χ0v) is 15.1. The molecule has 2 amide bonds. The van der Waals surface area contributed by atoms with E-state index < -0.39 is 0 Å². The standard InChI is InChI=1S/C19H20N2O2S/c1-12-6-5-7-15(8-12)11-21-18(22)17(24-19(21)23)10-16-9-13(2)20(4)14(16)3/h5-10H,11H2,1-4H3/b17-10-. The number of imide groups is 1. The molecule has 24 heavy (non-hydrogen) atoms. The lowest BCUT2D eigenvalue weighted by atomic mass is 10.1. The summed E-state index contributed by atoms with van der Waals surface area (Å²) in [6, 6.07) is 9.90. The third-order valence-electron chi connectivity index (χ3n) is 4.40. The Balaban J connectivity index is 1.86. The molecule has 0 atom stereocenters. The van der Waals surface area contributed by atoms with Crippen molar-refractivity contribution in [1.29, 1.82) is 0 Å². The van der Waals surface area contributed by atoms with Gasteiger partial charge >= 0.3 is 0 Å². The molecule has 2 heterocycles. The number of hydrogen-bond acceptors (Lipinski definition) is 3. The van der Waals surface area contributed by atoms with Crippen molar-refractivity contribution in [3.63, 3.8) is 0 Å². The van der Waals surface area contributed by atoms with Crippen LogP contribution in [0.2, 0.25) is 0 Å². The first kappa shape index (κ1) is 16.6. The van der Waals surface area contributed by atoms with Crippen LogP contribution in [0.25, 0.3) is 6.08 Å². The number of thioether (sulfide) groups is 1. The molecule has 2 aromatic rings. The topological polar surface area (TPSA) is 42.3 Å². The number of benzene rings is 1. The second kappa shape index (κ2) is 6.32. The van der Waals surface area contributed by atoms with Gasteiger partial charge in [-0.15, -0.1) is 0 Å². The average molecular weight is 340 g/mol. The van der Waals surface area contributed by atoms with Gasteiger partial charge in [0.1, 0.15) is 0 Å². The normalized spacial score (nSPS) is 16.5. The summed E-state index contributed by atoms with van der Waals surface area (Å²) in [6.45, 7) is 6.35. The molecular weight excluding hydrogens is 320 g/mol. The quantitative estimate of drug-likeness (QED) is 0.787. The molecule has 1 aliphatic heterocycles. The van der Waals surface area contributed by atoms with E-state index in [0.717, 1.165) is 39.8 Å². The predicted molar refractivity (Wildman–Crippen MR) is 97.6 cm³/mol. The van der Waals surface area contributed by atoms with Gasteiger partial charge in [0.25, 0.3) is 11.1 Å². The number of aryl methyl sites for hydroxylation is 2. The van der Waals surface area contributed by atoms with Crippen molar-refractivity contribution in [1.82, 2.24) is 9.47 Å². The number of nitrogens with zero attached hydrogens (tertiary/aromatic N) is 2. The van der Waals surface area contributed by atoms with Crippen molar-refractivity contribution >= 4 is 29.0 Å². The van der Waals surface area contributed by atoms with E-state index in [2.05, 4.69) is 4.57 Å². The van der Waals surface area contributed by atoms with E-state index in [1.807, 2.05) is 64.2 Å². The second-order valence-corrected chi connectivity index (χ2v) is 7.14. The van der Waals surface area contributed by atoms with Crippen molar-refractivity contribution in [3.05, 3.63) is 63.3 Å². The lowest BCUT2D eigenvalue weighted by Gasteiger charge is -2.12. The third kappa shape index (κ3) is 3.04. The van der Waals surface area contributed by atoms with Crippen LogP contribution in [0, 0.1) is 20.8 Å². The summed E-state index contributed by atoms with van der Waals surface area (Å²) in [7, 11) is 1.99. The fraction of sp³-hybridized carbons (Fsp3) is 0.263. The smallest absolute Gasteiger partial charge is 0.293 e. The largest absolute Gasteiger partial charge is 0.352 e. The van der Waals surface area contributed by atoms with Crippen molar-refractivity contribution in [2.45, 2.75) is 27.3 Å². The van der Waals surface area contributed by atoms with E-state index in [1.54, 1.807) is 0 Å². The fourth-order valence-electron chi connectivity index (χ4n) is 2.80. The molecule has 1 aromatic carbocycles. The van der Waals surface area contributed by atoms with Gasteiger partial charge in [0.15, 0.2) is 0 Å². The molecule has 1 saturated heterocycles. The molecule has 1 fully saturated rings. The molecule has 0 radical (unpaired) electrons. The SMILES string of the molecule is Cc1cccc(CN2C(=O)S/C(=C\c3cc(C)n(C)c3C)C2=O)c1. The predicted octanol–water partition coefficient (Wildman–Crippen LogP) is 4.19. The minimum Gasteiger partial charge on any atom is -0.352 e. The van der Waals surface area contributed by atoms with Gasteiger partial charge in [-0.05, 0) is 55.8 Å². The van der Waals surface area contributed by atoms with Crippen LogP contribution in [0.5, 0.6) is 0 Å². The van der Waals surface area contributed by atoms with Gasteiger partial charge in [0, 0.05) is 18.4 Å². The molecule has 124 valence electrons. The molecule has 0 aliphatic carbocycles. The van der Waals surface area contributed by atoms with E-state index in [4.69, 9.17) is 0 Å². The van der Waals surface area contributed by atoms with Gasteiger partial charge in [0.2, 0.25) is 0 Å². The molecule has 0 spiro atoms. The molecule has 3 rings (SSSR count). The lowest BCUT2D eigenvalue weighted by Crippen LogP contribution is -2.27. The summed E-state index contributed by atoms with van der Waals surface area (Å²) in [6.07, 6.45) is 1.82. The third-order valence-corrected chi connectivity index (χ3v) is 5.31. The Morgan fingerprint density at radius 1 is 1.12 bits per heavy atom. The van der Waals surface area contributed by atoms with Crippen LogP contribution in [-0.4, -0.2) is 20.6 Å². The number of amides is 2. The molecule has 4 nitrogen and oxygen atoms in total. The number of aromatic nitrogens is 1. The molecule has 1 aromatic heterocycles. The van der Waals surface area contributed by atoms with Gasteiger partial charge in [0.05, 0.1) is 11.4 Å². The zero-order chi connectivity index (χ0) is 17.4. The number of rotatable bonds is 3. The minimum atomic E-state index is -0.215. The van der Waals surface area contributed by atoms with E-state index in [9.17, 15) is 9.59 Å².